The number of rotatable bonds is 8. The number of halogens is 1. The lowest BCUT2D eigenvalue weighted by Gasteiger charge is -2.20. The number of ketones is 1. The molecule has 1 heterocycles. The van der Waals surface area contributed by atoms with E-state index in [1.165, 1.54) is 37.3 Å². The van der Waals surface area contributed by atoms with Crippen LogP contribution in [0.1, 0.15) is 60.0 Å². The highest BCUT2D eigenvalue weighted by molar-refractivity contribution is 6.31. The molecule has 9 nitrogen and oxygen atoms in total. The predicted octanol–water partition coefficient (Wildman–Crippen LogP) is 5.44. The van der Waals surface area contributed by atoms with Gasteiger partial charge in [0, 0.05) is 28.8 Å². The minimum atomic E-state index is -1.14. The molecule has 0 fully saturated rings. The number of nitrogens with zero attached hydrogens (tertiary/aromatic N) is 1. The molecule has 0 saturated carbocycles. The number of carbonyl (C=O) groups is 3. The Labute approximate surface area is 247 Å². The van der Waals surface area contributed by atoms with Gasteiger partial charge < -0.3 is 10.1 Å². The van der Waals surface area contributed by atoms with E-state index >= 15 is 0 Å². The van der Waals surface area contributed by atoms with Crippen molar-refractivity contribution in [2.45, 2.75) is 45.8 Å². The first-order valence-electron chi connectivity index (χ1n) is 13.2. The minimum Gasteiger partial charge on any atom is -0.456 e. The Balaban J connectivity index is 1.69. The fourth-order valence-corrected chi connectivity index (χ4v) is 4.52. The van der Waals surface area contributed by atoms with Crippen molar-refractivity contribution >= 4 is 34.9 Å². The number of hydrogen-bond acceptors (Lipinski definition) is 6. The Bertz CT molecular complexity index is 1750. The normalized spacial score (nSPS) is 11.9. The largest absolute Gasteiger partial charge is 0.456 e. The van der Waals surface area contributed by atoms with Crippen LogP contribution in [-0.2, 0) is 16.0 Å². The number of aromatic amines is 1. The van der Waals surface area contributed by atoms with Crippen LogP contribution in [0.3, 0.4) is 0 Å². The zero-order valence-corrected chi connectivity index (χ0v) is 24.3. The van der Waals surface area contributed by atoms with Crippen LogP contribution < -0.4 is 16.4 Å². The van der Waals surface area contributed by atoms with Gasteiger partial charge in [0.25, 0.3) is 11.1 Å². The molecular formula is C32H30ClN3O6. The van der Waals surface area contributed by atoms with Crippen molar-refractivity contribution in [3.05, 3.63) is 121 Å². The number of carbonyl (C=O) groups excluding carboxylic acids is 3. The van der Waals surface area contributed by atoms with Gasteiger partial charge in [0.15, 0.2) is 5.78 Å². The lowest BCUT2D eigenvalue weighted by atomic mass is 9.98. The molecule has 1 aromatic heterocycles. The molecule has 0 saturated heterocycles. The quantitative estimate of drug-likeness (QED) is 0.209. The third kappa shape index (κ3) is 7.30. The fourth-order valence-electron chi connectivity index (χ4n) is 4.35. The number of benzene rings is 3. The van der Waals surface area contributed by atoms with Gasteiger partial charge in [-0.15, -0.1) is 0 Å². The number of Topliss-reactive ketones (excluding diaryl/α,β-unsaturated/α-hetero) is 1. The zero-order valence-electron chi connectivity index (χ0n) is 23.6. The second-order valence-electron chi connectivity index (χ2n) is 10.7. The van der Waals surface area contributed by atoms with Crippen LogP contribution in [0.25, 0.3) is 11.1 Å². The molecule has 0 aliphatic carbocycles. The van der Waals surface area contributed by atoms with E-state index in [0.29, 0.717) is 11.3 Å². The van der Waals surface area contributed by atoms with E-state index in [0.717, 1.165) is 16.3 Å². The summed E-state index contributed by atoms with van der Waals surface area (Å²) in [5, 5.41) is 5.59. The number of hydrogen-bond donors (Lipinski definition) is 2. The molecule has 3 aromatic carbocycles. The van der Waals surface area contributed by atoms with E-state index < -0.39 is 34.6 Å². The van der Waals surface area contributed by atoms with Crippen LogP contribution in [0.4, 0.5) is 5.69 Å². The van der Waals surface area contributed by atoms with Crippen LogP contribution in [0.15, 0.2) is 88.5 Å². The molecule has 10 heteroatoms. The summed E-state index contributed by atoms with van der Waals surface area (Å²) in [6.45, 7) is 6.65. The molecule has 42 heavy (non-hydrogen) atoms. The minimum absolute atomic E-state index is 0.0412. The van der Waals surface area contributed by atoms with Gasteiger partial charge >= 0.3 is 5.97 Å². The molecule has 4 rings (SSSR count). The third-order valence-electron chi connectivity index (χ3n) is 6.30. The molecule has 0 spiro atoms. The third-order valence-corrected chi connectivity index (χ3v) is 6.53. The van der Waals surface area contributed by atoms with Gasteiger partial charge in [0.05, 0.1) is 11.1 Å². The summed E-state index contributed by atoms with van der Waals surface area (Å²) in [6, 6.07) is 19.6. The molecule has 1 amide bonds. The van der Waals surface area contributed by atoms with Crippen LogP contribution >= 0.6 is 11.6 Å². The first-order valence-corrected chi connectivity index (χ1v) is 13.5. The molecule has 0 aliphatic heterocycles. The summed E-state index contributed by atoms with van der Waals surface area (Å²) in [7, 11) is 0. The van der Waals surface area contributed by atoms with E-state index in [4.69, 9.17) is 16.3 Å². The molecular weight excluding hydrogens is 558 g/mol. The number of esters is 1. The monoisotopic (exact) mass is 587 g/mol. The summed E-state index contributed by atoms with van der Waals surface area (Å²) < 4.78 is 6.35. The summed E-state index contributed by atoms with van der Waals surface area (Å²) in [4.78, 5) is 64.8. The van der Waals surface area contributed by atoms with Gasteiger partial charge in [0.1, 0.15) is 11.6 Å². The van der Waals surface area contributed by atoms with Gasteiger partial charge in [-0.25, -0.2) is 9.48 Å². The highest BCUT2D eigenvalue weighted by Gasteiger charge is 2.25. The Morgan fingerprint density at radius 1 is 0.929 bits per heavy atom. The second kappa shape index (κ2) is 12.4. The summed E-state index contributed by atoms with van der Waals surface area (Å²) in [5.74, 6) is -1.37. The number of nitrogens with one attached hydrogen (secondary N) is 2. The predicted molar refractivity (Wildman–Crippen MR) is 161 cm³/mol. The topological polar surface area (TPSA) is 127 Å². The molecule has 0 radical (unpaired) electrons. The van der Waals surface area contributed by atoms with E-state index in [1.54, 1.807) is 57.2 Å². The Hall–Kier alpha value is -4.76. The number of amides is 1. The Kier molecular flexibility index (Phi) is 8.92. The molecule has 1 atom stereocenters. The van der Waals surface area contributed by atoms with Gasteiger partial charge in [0.2, 0.25) is 5.91 Å². The van der Waals surface area contributed by atoms with Crippen molar-refractivity contribution in [1.29, 1.82) is 0 Å². The van der Waals surface area contributed by atoms with Gasteiger partial charge in [-0.3, -0.25) is 24.3 Å². The molecule has 0 aliphatic rings. The van der Waals surface area contributed by atoms with Gasteiger partial charge in [-0.1, -0.05) is 41.9 Å². The number of anilines is 1. The van der Waals surface area contributed by atoms with Crippen LogP contribution in [-0.4, -0.2) is 33.0 Å². The van der Waals surface area contributed by atoms with Crippen LogP contribution in [0, 0.1) is 0 Å². The van der Waals surface area contributed by atoms with Crippen molar-refractivity contribution in [3.8, 4) is 11.1 Å². The van der Waals surface area contributed by atoms with Crippen molar-refractivity contribution in [2.75, 3.05) is 5.32 Å². The number of aromatic nitrogens is 2. The zero-order chi connectivity index (χ0) is 30.6. The van der Waals surface area contributed by atoms with Crippen molar-refractivity contribution in [1.82, 2.24) is 9.78 Å². The summed E-state index contributed by atoms with van der Waals surface area (Å²) >= 11 is 6.12. The van der Waals surface area contributed by atoms with Gasteiger partial charge in [-0.05, 0) is 81.3 Å². The molecule has 4 aromatic rings. The summed E-state index contributed by atoms with van der Waals surface area (Å²) in [5.41, 5.74) is -0.140. The van der Waals surface area contributed by atoms with E-state index in [2.05, 4.69) is 10.4 Å². The highest BCUT2D eigenvalue weighted by atomic mass is 35.5. The molecule has 1 unspecified atom stereocenters. The number of H-pyrrole nitrogens is 1. The lowest BCUT2D eigenvalue weighted by molar-refractivity contribution is -0.119. The standard InChI is InChI=1S/C32H30ClN3O6/c1-19(37)24-15-12-22(33)17-25(24)26-18-28(38)36(35-29(26)39)27(16-20-8-6-5-7-9-20)30(40)34-23-13-10-21(11-14-23)31(41)42-32(2,3)4/h5-15,17-18,27H,16H2,1-4H3,(H,34,40)(H,35,39). The van der Waals surface area contributed by atoms with Crippen LogP contribution in [0.2, 0.25) is 5.02 Å². The second-order valence-corrected chi connectivity index (χ2v) is 11.2. The fraction of sp³-hybridized carbons (Fsp3) is 0.219. The molecule has 216 valence electrons. The summed E-state index contributed by atoms with van der Waals surface area (Å²) in [6.07, 6.45) is 0.0910. The molecule has 0 bridgehead atoms. The Morgan fingerprint density at radius 3 is 2.21 bits per heavy atom. The van der Waals surface area contributed by atoms with E-state index in [-0.39, 0.29) is 33.9 Å². The van der Waals surface area contributed by atoms with Gasteiger partial charge in [-0.2, -0.15) is 0 Å². The number of ether oxygens (including phenoxy) is 1. The first kappa shape index (κ1) is 30.2. The van der Waals surface area contributed by atoms with E-state index in [9.17, 15) is 24.0 Å². The highest BCUT2D eigenvalue weighted by Crippen LogP contribution is 2.25. The SMILES string of the molecule is CC(=O)c1ccc(Cl)cc1-c1cc(=O)n(C(Cc2ccccc2)C(=O)Nc2ccc(C(=O)OC(C)(C)C)cc2)[nH]c1=O. The van der Waals surface area contributed by atoms with Crippen molar-refractivity contribution < 1.29 is 19.1 Å². The van der Waals surface area contributed by atoms with Crippen LogP contribution in [0.5, 0.6) is 0 Å². The maximum Gasteiger partial charge on any atom is 0.338 e. The molecule has 2 N–H and O–H groups in total. The van der Waals surface area contributed by atoms with Crippen molar-refractivity contribution in [3.63, 3.8) is 0 Å². The maximum absolute atomic E-state index is 13.6. The average molecular weight is 588 g/mol. The first-order chi connectivity index (χ1) is 19.8. The Morgan fingerprint density at radius 2 is 1.60 bits per heavy atom. The average Bonchev–Trinajstić information content (AvgIpc) is 2.92. The maximum atomic E-state index is 13.6. The lowest BCUT2D eigenvalue weighted by Crippen LogP contribution is -2.39. The smallest absolute Gasteiger partial charge is 0.338 e. The van der Waals surface area contributed by atoms with Crippen molar-refractivity contribution in [2.24, 2.45) is 0 Å². The van der Waals surface area contributed by atoms with E-state index in [1.807, 2.05) is 6.07 Å².